The molecule has 1 aliphatic heterocycles. The van der Waals surface area contributed by atoms with Crippen molar-refractivity contribution in [3.8, 4) is 5.75 Å². The van der Waals surface area contributed by atoms with Crippen LogP contribution in [0.2, 0.25) is 0 Å². The zero-order valence-corrected chi connectivity index (χ0v) is 16.0. The third-order valence-corrected chi connectivity index (χ3v) is 8.48. The standard InChI is InChI=1S/C18H21NO5S2/c1-2-24-17-10-6-7-11-18(17)26(22,23)19-13-12-16(14-19)25(20,21)15-8-4-3-5-9-15/h3-11,16H,2,12-14H2,1H3/t16-/m1/s1. The van der Waals surface area contributed by atoms with Crippen molar-refractivity contribution in [1.82, 2.24) is 4.31 Å². The summed E-state index contributed by atoms with van der Waals surface area (Å²) >= 11 is 0. The highest BCUT2D eigenvalue weighted by molar-refractivity contribution is 7.92. The number of hydrogen-bond donors (Lipinski definition) is 0. The minimum atomic E-state index is -3.82. The molecule has 8 heteroatoms. The summed E-state index contributed by atoms with van der Waals surface area (Å²) < 4.78 is 58.2. The van der Waals surface area contributed by atoms with Gasteiger partial charge >= 0.3 is 0 Å². The molecule has 1 fully saturated rings. The Kier molecular flexibility index (Phi) is 5.36. The van der Waals surface area contributed by atoms with E-state index in [9.17, 15) is 16.8 Å². The Morgan fingerprint density at radius 3 is 2.35 bits per heavy atom. The summed E-state index contributed by atoms with van der Waals surface area (Å²) in [5, 5.41) is -0.751. The maximum absolute atomic E-state index is 13.0. The Balaban J connectivity index is 1.87. The first-order valence-electron chi connectivity index (χ1n) is 8.38. The zero-order valence-electron chi connectivity index (χ0n) is 14.4. The van der Waals surface area contributed by atoms with Crippen LogP contribution < -0.4 is 4.74 Å². The second kappa shape index (κ2) is 7.38. The van der Waals surface area contributed by atoms with E-state index in [1.54, 1.807) is 43.3 Å². The van der Waals surface area contributed by atoms with Crippen molar-refractivity contribution in [2.75, 3.05) is 19.7 Å². The van der Waals surface area contributed by atoms with Crippen molar-refractivity contribution in [2.24, 2.45) is 0 Å². The zero-order chi connectivity index (χ0) is 18.8. The molecule has 2 aromatic rings. The van der Waals surface area contributed by atoms with Gasteiger partial charge in [0.05, 0.1) is 16.8 Å². The topological polar surface area (TPSA) is 80.8 Å². The number of rotatable bonds is 6. The van der Waals surface area contributed by atoms with Crippen LogP contribution in [0, 0.1) is 0 Å². The number of ether oxygens (including phenoxy) is 1. The van der Waals surface area contributed by atoms with Crippen LogP contribution in [0.25, 0.3) is 0 Å². The second-order valence-corrected chi connectivity index (χ2v) is 10.1. The van der Waals surface area contributed by atoms with Gasteiger partial charge in [-0.05, 0) is 37.6 Å². The van der Waals surface area contributed by atoms with Gasteiger partial charge in [-0.2, -0.15) is 4.31 Å². The molecule has 0 bridgehead atoms. The van der Waals surface area contributed by atoms with Crippen LogP contribution in [0.4, 0.5) is 0 Å². The van der Waals surface area contributed by atoms with Crippen LogP contribution in [0.5, 0.6) is 5.75 Å². The molecule has 1 saturated heterocycles. The molecule has 6 nitrogen and oxygen atoms in total. The molecule has 3 rings (SSSR count). The molecule has 26 heavy (non-hydrogen) atoms. The van der Waals surface area contributed by atoms with Crippen molar-refractivity contribution in [3.05, 3.63) is 54.6 Å². The van der Waals surface area contributed by atoms with Crippen molar-refractivity contribution in [1.29, 1.82) is 0 Å². The van der Waals surface area contributed by atoms with Gasteiger partial charge in [0, 0.05) is 13.1 Å². The summed E-state index contributed by atoms with van der Waals surface area (Å²) in [6, 6.07) is 14.6. The summed E-state index contributed by atoms with van der Waals surface area (Å²) in [4.78, 5) is 0.290. The van der Waals surface area contributed by atoms with E-state index in [0.717, 1.165) is 0 Å². The molecule has 0 N–H and O–H groups in total. The number of nitrogens with zero attached hydrogens (tertiary/aromatic N) is 1. The van der Waals surface area contributed by atoms with Crippen LogP contribution >= 0.6 is 0 Å². The van der Waals surface area contributed by atoms with E-state index in [2.05, 4.69) is 0 Å². The van der Waals surface area contributed by atoms with E-state index in [1.165, 1.54) is 22.5 Å². The maximum Gasteiger partial charge on any atom is 0.246 e. The van der Waals surface area contributed by atoms with Gasteiger partial charge in [-0.15, -0.1) is 0 Å². The number of para-hydroxylation sites is 1. The average Bonchev–Trinajstić information content (AvgIpc) is 3.15. The fraction of sp³-hybridized carbons (Fsp3) is 0.333. The first-order chi connectivity index (χ1) is 12.4. The lowest BCUT2D eigenvalue weighted by molar-refractivity contribution is 0.329. The normalized spacial score (nSPS) is 18.7. The number of sulfonamides is 1. The Hall–Kier alpha value is -1.90. The Bertz CT molecular complexity index is 972. The lowest BCUT2D eigenvalue weighted by Crippen LogP contribution is -2.32. The lowest BCUT2D eigenvalue weighted by atomic mass is 10.3. The molecule has 0 spiro atoms. The van der Waals surface area contributed by atoms with Gasteiger partial charge in [0.25, 0.3) is 0 Å². The monoisotopic (exact) mass is 395 g/mol. The van der Waals surface area contributed by atoms with Gasteiger partial charge in [0.15, 0.2) is 9.84 Å². The summed E-state index contributed by atoms with van der Waals surface area (Å²) in [6.45, 7) is 2.23. The van der Waals surface area contributed by atoms with E-state index in [4.69, 9.17) is 4.74 Å². The fourth-order valence-corrected chi connectivity index (χ4v) is 6.49. The van der Waals surface area contributed by atoms with E-state index in [0.29, 0.717) is 6.61 Å². The molecule has 0 amide bonds. The first-order valence-corrected chi connectivity index (χ1v) is 11.4. The molecule has 2 aromatic carbocycles. The van der Waals surface area contributed by atoms with E-state index in [1.807, 2.05) is 0 Å². The molecule has 0 unspecified atom stereocenters. The molecule has 0 saturated carbocycles. The highest BCUT2D eigenvalue weighted by Gasteiger charge is 2.40. The van der Waals surface area contributed by atoms with Crippen LogP contribution in [-0.2, 0) is 19.9 Å². The largest absolute Gasteiger partial charge is 0.492 e. The molecule has 0 aromatic heterocycles. The van der Waals surface area contributed by atoms with E-state index >= 15 is 0 Å². The Labute approximate surface area is 154 Å². The number of hydrogen-bond acceptors (Lipinski definition) is 5. The van der Waals surface area contributed by atoms with E-state index < -0.39 is 25.1 Å². The minimum absolute atomic E-state index is 0.0555. The molecular weight excluding hydrogens is 374 g/mol. The molecule has 0 radical (unpaired) electrons. The number of sulfone groups is 1. The maximum atomic E-state index is 13.0. The predicted molar refractivity (Wildman–Crippen MR) is 98.4 cm³/mol. The highest BCUT2D eigenvalue weighted by atomic mass is 32.2. The second-order valence-electron chi connectivity index (χ2n) is 6.01. The van der Waals surface area contributed by atoms with Crippen molar-refractivity contribution in [3.63, 3.8) is 0 Å². The van der Waals surface area contributed by atoms with E-state index in [-0.39, 0.29) is 35.1 Å². The summed E-state index contributed by atoms with van der Waals surface area (Å²) in [7, 11) is -7.39. The summed E-state index contributed by atoms with van der Waals surface area (Å²) in [5.74, 6) is 0.282. The van der Waals surface area contributed by atoms with Crippen LogP contribution in [-0.4, -0.2) is 46.1 Å². The molecule has 140 valence electrons. The molecule has 1 atom stereocenters. The quantitative estimate of drug-likeness (QED) is 0.750. The van der Waals surface area contributed by atoms with Gasteiger partial charge in [-0.1, -0.05) is 30.3 Å². The smallest absolute Gasteiger partial charge is 0.246 e. The summed E-state index contributed by atoms with van der Waals surface area (Å²) in [6.07, 6.45) is 0.271. The van der Waals surface area contributed by atoms with Gasteiger partial charge < -0.3 is 4.74 Å². The van der Waals surface area contributed by atoms with Crippen LogP contribution in [0.15, 0.2) is 64.4 Å². The van der Waals surface area contributed by atoms with Crippen molar-refractivity contribution in [2.45, 2.75) is 28.4 Å². The first kappa shape index (κ1) is 18.9. The summed E-state index contributed by atoms with van der Waals surface area (Å²) in [5.41, 5.74) is 0. The molecular formula is C18H21NO5S2. The van der Waals surface area contributed by atoms with Gasteiger partial charge in [-0.3, -0.25) is 0 Å². The van der Waals surface area contributed by atoms with Crippen molar-refractivity contribution >= 4 is 19.9 Å². The molecule has 1 aliphatic rings. The van der Waals surface area contributed by atoms with Crippen molar-refractivity contribution < 1.29 is 21.6 Å². The predicted octanol–water partition coefficient (Wildman–Crippen LogP) is 2.32. The fourth-order valence-electron chi connectivity index (χ4n) is 3.05. The third-order valence-electron chi connectivity index (χ3n) is 4.39. The van der Waals surface area contributed by atoms with Crippen LogP contribution in [0.3, 0.4) is 0 Å². The Morgan fingerprint density at radius 2 is 1.65 bits per heavy atom. The third kappa shape index (κ3) is 3.49. The van der Waals surface area contributed by atoms with Gasteiger partial charge in [0.2, 0.25) is 10.0 Å². The molecule has 0 aliphatic carbocycles. The minimum Gasteiger partial charge on any atom is -0.492 e. The van der Waals surface area contributed by atoms with Gasteiger partial charge in [0.1, 0.15) is 10.6 Å². The molecule has 1 heterocycles. The highest BCUT2D eigenvalue weighted by Crippen LogP contribution is 2.31. The SMILES string of the molecule is CCOc1ccccc1S(=O)(=O)N1CC[C@@H](S(=O)(=O)c2ccccc2)C1. The van der Waals surface area contributed by atoms with Crippen LogP contribution in [0.1, 0.15) is 13.3 Å². The number of benzene rings is 2. The van der Waals surface area contributed by atoms with Gasteiger partial charge in [-0.25, -0.2) is 16.8 Å². The average molecular weight is 396 g/mol. The lowest BCUT2D eigenvalue weighted by Gasteiger charge is -2.19. The Morgan fingerprint density at radius 1 is 1.00 bits per heavy atom.